The molecule has 150 valence electrons. The van der Waals surface area contributed by atoms with E-state index in [2.05, 4.69) is 5.10 Å². The molecule has 0 amide bonds. The van der Waals surface area contributed by atoms with E-state index in [1.807, 2.05) is 0 Å². The first kappa shape index (κ1) is 19.0. The van der Waals surface area contributed by atoms with Crippen molar-refractivity contribution in [2.24, 2.45) is 0 Å². The summed E-state index contributed by atoms with van der Waals surface area (Å²) < 4.78 is 52.1. The minimum atomic E-state index is -4.51. The average Bonchev–Trinajstić information content (AvgIpc) is 2.94. The molecule has 2 aromatic carbocycles. The topological polar surface area (TPSA) is 53.4 Å². The predicted molar refractivity (Wildman–Crippen MR) is 100 cm³/mol. The Morgan fingerprint density at radius 2 is 1.72 bits per heavy atom. The van der Waals surface area contributed by atoms with Gasteiger partial charge in [0.2, 0.25) is 0 Å². The lowest BCUT2D eigenvalue weighted by atomic mass is 10.1. The fourth-order valence-electron chi connectivity index (χ4n) is 3.13. The number of benzene rings is 2. The first-order valence-corrected chi connectivity index (χ1v) is 9.05. The maximum Gasteiger partial charge on any atom is 0.416 e. The Morgan fingerprint density at radius 1 is 0.966 bits per heavy atom. The van der Waals surface area contributed by atoms with Crippen molar-refractivity contribution in [2.75, 3.05) is 13.2 Å². The van der Waals surface area contributed by atoms with Gasteiger partial charge in [-0.2, -0.15) is 18.3 Å². The van der Waals surface area contributed by atoms with Crippen LogP contribution < -0.4 is 15.0 Å². The zero-order valence-electron chi connectivity index (χ0n) is 15.3. The van der Waals surface area contributed by atoms with Crippen LogP contribution in [-0.4, -0.2) is 23.0 Å². The molecule has 0 fully saturated rings. The molecule has 1 aliphatic heterocycles. The van der Waals surface area contributed by atoms with Crippen LogP contribution in [0.2, 0.25) is 0 Å². The first-order chi connectivity index (χ1) is 13.9. The molecular weight excluding hydrogens is 385 g/mol. The summed E-state index contributed by atoms with van der Waals surface area (Å²) in [5.41, 5.74) is -0.169. The maximum absolute atomic E-state index is 13.3. The monoisotopic (exact) mass is 402 g/mol. The second-order valence-corrected chi connectivity index (χ2v) is 6.58. The fourth-order valence-corrected chi connectivity index (χ4v) is 3.13. The molecule has 3 aromatic rings. The molecule has 4 rings (SSSR count). The summed E-state index contributed by atoms with van der Waals surface area (Å²) in [6, 6.07) is 13.3. The van der Waals surface area contributed by atoms with Crippen molar-refractivity contribution in [3.8, 4) is 22.8 Å². The van der Waals surface area contributed by atoms with Crippen molar-refractivity contribution in [3.63, 3.8) is 0 Å². The summed E-state index contributed by atoms with van der Waals surface area (Å²) in [7, 11) is 0. The normalized spacial score (nSPS) is 13.8. The van der Waals surface area contributed by atoms with Crippen LogP contribution in [0.3, 0.4) is 0 Å². The number of hydrogen-bond acceptors (Lipinski definition) is 4. The van der Waals surface area contributed by atoms with Crippen molar-refractivity contribution in [2.45, 2.75) is 19.1 Å². The van der Waals surface area contributed by atoms with E-state index in [1.165, 1.54) is 30.3 Å². The smallest absolute Gasteiger partial charge is 0.416 e. The largest absolute Gasteiger partial charge is 0.490 e. The van der Waals surface area contributed by atoms with E-state index in [0.717, 1.165) is 17.2 Å². The van der Waals surface area contributed by atoms with Crippen molar-refractivity contribution in [1.29, 1.82) is 0 Å². The zero-order chi connectivity index (χ0) is 20.4. The number of halogens is 3. The predicted octanol–water partition coefficient (Wildman–Crippen LogP) is 4.14. The maximum atomic E-state index is 13.3. The summed E-state index contributed by atoms with van der Waals surface area (Å²) in [6.45, 7) is 0.804. The molecule has 0 N–H and O–H groups in total. The Kier molecular flexibility index (Phi) is 5.00. The molecule has 0 unspecified atom stereocenters. The molecule has 1 aliphatic rings. The Bertz CT molecular complexity index is 1090. The Labute approximate surface area is 164 Å². The van der Waals surface area contributed by atoms with E-state index in [0.29, 0.717) is 36.0 Å². The van der Waals surface area contributed by atoms with Gasteiger partial charge in [0, 0.05) is 18.1 Å². The van der Waals surface area contributed by atoms with E-state index in [1.54, 1.807) is 18.2 Å². The highest BCUT2D eigenvalue weighted by Gasteiger charge is 2.33. The molecule has 0 radical (unpaired) electrons. The van der Waals surface area contributed by atoms with E-state index in [4.69, 9.17) is 9.47 Å². The SMILES string of the molecule is O=c1ccc(-c2ccc3c(c2)OCCCO3)nn1Cc1ccccc1C(F)(F)F. The van der Waals surface area contributed by atoms with Crippen molar-refractivity contribution >= 4 is 0 Å². The van der Waals surface area contributed by atoms with Gasteiger partial charge in [-0.15, -0.1) is 0 Å². The number of fused-ring (bicyclic) bond motifs is 1. The third-order valence-electron chi connectivity index (χ3n) is 4.55. The van der Waals surface area contributed by atoms with Crippen LogP contribution in [0.25, 0.3) is 11.3 Å². The lowest BCUT2D eigenvalue weighted by Crippen LogP contribution is -2.24. The van der Waals surface area contributed by atoms with E-state index >= 15 is 0 Å². The Balaban J connectivity index is 1.70. The highest BCUT2D eigenvalue weighted by molar-refractivity contribution is 5.63. The number of ether oxygens (including phenoxy) is 2. The van der Waals surface area contributed by atoms with Gasteiger partial charge in [-0.1, -0.05) is 18.2 Å². The molecule has 29 heavy (non-hydrogen) atoms. The number of hydrogen-bond donors (Lipinski definition) is 0. The van der Waals surface area contributed by atoms with Gasteiger partial charge in [-0.3, -0.25) is 4.79 Å². The van der Waals surface area contributed by atoms with Gasteiger partial charge >= 0.3 is 6.18 Å². The molecule has 0 atom stereocenters. The molecule has 2 heterocycles. The third kappa shape index (κ3) is 4.11. The first-order valence-electron chi connectivity index (χ1n) is 9.05. The minimum Gasteiger partial charge on any atom is -0.490 e. The molecule has 1 aromatic heterocycles. The lowest BCUT2D eigenvalue weighted by molar-refractivity contribution is -0.138. The molecule has 8 heteroatoms. The summed E-state index contributed by atoms with van der Waals surface area (Å²) >= 11 is 0. The van der Waals surface area contributed by atoms with Crippen LogP contribution in [0, 0.1) is 0 Å². The van der Waals surface area contributed by atoms with Crippen LogP contribution in [0.15, 0.2) is 59.4 Å². The van der Waals surface area contributed by atoms with Crippen LogP contribution in [-0.2, 0) is 12.7 Å². The average molecular weight is 402 g/mol. The van der Waals surface area contributed by atoms with Gasteiger partial charge in [0.15, 0.2) is 11.5 Å². The van der Waals surface area contributed by atoms with Gasteiger partial charge in [0.05, 0.1) is 31.0 Å². The van der Waals surface area contributed by atoms with Gasteiger partial charge in [-0.25, -0.2) is 4.68 Å². The highest BCUT2D eigenvalue weighted by atomic mass is 19.4. The van der Waals surface area contributed by atoms with E-state index in [9.17, 15) is 18.0 Å². The lowest BCUT2D eigenvalue weighted by Gasteiger charge is -2.14. The van der Waals surface area contributed by atoms with Gasteiger partial charge in [0.25, 0.3) is 5.56 Å². The number of aromatic nitrogens is 2. The van der Waals surface area contributed by atoms with Crippen molar-refractivity contribution in [1.82, 2.24) is 9.78 Å². The van der Waals surface area contributed by atoms with E-state index < -0.39 is 17.3 Å². The fraction of sp³-hybridized carbons (Fsp3) is 0.238. The molecule has 0 saturated heterocycles. The molecule has 0 aliphatic carbocycles. The standard InChI is InChI=1S/C21H17F3N2O3/c22-21(23,24)16-5-2-1-4-15(16)13-26-20(27)9-7-17(25-26)14-6-8-18-19(12-14)29-11-3-10-28-18/h1-2,4-9,12H,3,10-11,13H2. The van der Waals surface area contributed by atoms with E-state index in [-0.39, 0.29) is 12.1 Å². The molecule has 0 bridgehead atoms. The number of alkyl halides is 3. The summed E-state index contributed by atoms with van der Waals surface area (Å²) in [4.78, 5) is 12.2. The van der Waals surface area contributed by atoms with Gasteiger partial charge < -0.3 is 9.47 Å². The number of rotatable bonds is 3. The molecule has 5 nitrogen and oxygen atoms in total. The van der Waals surface area contributed by atoms with Gasteiger partial charge in [-0.05, 0) is 35.9 Å². The van der Waals surface area contributed by atoms with Crippen molar-refractivity contribution < 1.29 is 22.6 Å². The third-order valence-corrected chi connectivity index (χ3v) is 4.55. The number of nitrogens with zero attached hydrogens (tertiary/aromatic N) is 2. The minimum absolute atomic E-state index is 0.0228. The second-order valence-electron chi connectivity index (χ2n) is 6.58. The summed E-state index contributed by atoms with van der Waals surface area (Å²) in [5, 5.41) is 4.27. The van der Waals surface area contributed by atoms with Crippen LogP contribution in [0.4, 0.5) is 13.2 Å². The van der Waals surface area contributed by atoms with Crippen LogP contribution in [0.5, 0.6) is 11.5 Å². The Morgan fingerprint density at radius 3 is 2.52 bits per heavy atom. The van der Waals surface area contributed by atoms with Crippen molar-refractivity contribution in [3.05, 3.63) is 76.1 Å². The zero-order valence-corrected chi connectivity index (χ0v) is 15.3. The second kappa shape index (κ2) is 7.62. The quantitative estimate of drug-likeness (QED) is 0.661. The molecule has 0 spiro atoms. The van der Waals surface area contributed by atoms with Crippen LogP contribution >= 0.6 is 0 Å². The molecular formula is C21H17F3N2O3. The summed E-state index contributed by atoms with van der Waals surface area (Å²) in [5.74, 6) is 1.20. The van der Waals surface area contributed by atoms with Crippen LogP contribution in [0.1, 0.15) is 17.5 Å². The molecule has 0 saturated carbocycles. The van der Waals surface area contributed by atoms with Gasteiger partial charge in [0.1, 0.15) is 0 Å². The Hall–Kier alpha value is -3.29. The summed E-state index contributed by atoms with van der Waals surface area (Å²) in [6.07, 6.45) is -3.74. The highest BCUT2D eigenvalue weighted by Crippen LogP contribution is 2.34.